The number of fused-ring (bicyclic) bond motifs is 1. The van der Waals surface area contributed by atoms with E-state index in [1.165, 1.54) is 0 Å². The van der Waals surface area contributed by atoms with Crippen molar-refractivity contribution in [2.24, 2.45) is 0 Å². The number of pyridine rings is 2. The van der Waals surface area contributed by atoms with Crippen LogP contribution >= 0.6 is 0 Å². The van der Waals surface area contributed by atoms with Gasteiger partial charge in [0, 0.05) is 29.5 Å². The van der Waals surface area contributed by atoms with Gasteiger partial charge in [0.2, 0.25) is 0 Å². The predicted molar refractivity (Wildman–Crippen MR) is 74.8 cm³/mol. The van der Waals surface area contributed by atoms with Crippen LogP contribution in [-0.4, -0.2) is 15.1 Å². The van der Waals surface area contributed by atoms with Crippen molar-refractivity contribution in [1.29, 1.82) is 0 Å². The van der Waals surface area contributed by atoms with E-state index in [0.29, 0.717) is 0 Å². The largest absolute Gasteiger partial charge is 0.384 e. The zero-order chi connectivity index (χ0) is 13.2. The Morgan fingerprint density at radius 3 is 2.84 bits per heavy atom. The Balaban J connectivity index is 2.07. The van der Waals surface area contributed by atoms with Gasteiger partial charge in [-0.3, -0.25) is 9.97 Å². The number of aliphatic hydroxyl groups excluding tert-OH is 1. The highest BCUT2D eigenvalue weighted by Crippen LogP contribution is 2.26. The molecule has 0 saturated heterocycles. The molecule has 0 saturated carbocycles. The Labute approximate surface area is 111 Å². The molecule has 0 spiro atoms. The minimum absolute atomic E-state index is 0.654. The molecule has 94 valence electrons. The number of rotatable bonds is 2. The molecule has 1 atom stereocenters. The molecular formula is C16H14N2O. The Bertz CT molecular complexity index is 725. The first kappa shape index (κ1) is 11.8. The van der Waals surface area contributed by atoms with Gasteiger partial charge in [0.15, 0.2) is 0 Å². The van der Waals surface area contributed by atoms with Gasteiger partial charge in [0.05, 0.1) is 5.52 Å². The maximum atomic E-state index is 10.5. The molecule has 0 aliphatic carbocycles. The molecule has 3 nitrogen and oxygen atoms in total. The first-order chi connectivity index (χ1) is 9.25. The van der Waals surface area contributed by atoms with Gasteiger partial charge >= 0.3 is 0 Å². The van der Waals surface area contributed by atoms with Crippen LogP contribution in [0.1, 0.15) is 22.8 Å². The van der Waals surface area contributed by atoms with Crippen molar-refractivity contribution in [2.75, 3.05) is 0 Å². The van der Waals surface area contributed by atoms with E-state index in [1.807, 2.05) is 43.3 Å². The average Bonchev–Trinajstić information content (AvgIpc) is 2.46. The fourth-order valence-electron chi connectivity index (χ4n) is 2.21. The molecule has 0 bridgehead atoms. The van der Waals surface area contributed by atoms with E-state index in [9.17, 15) is 5.11 Å². The van der Waals surface area contributed by atoms with Gasteiger partial charge in [-0.25, -0.2) is 0 Å². The molecule has 0 amide bonds. The van der Waals surface area contributed by atoms with E-state index in [0.717, 1.165) is 27.6 Å². The number of hydrogen-bond acceptors (Lipinski definition) is 3. The minimum atomic E-state index is -0.654. The molecule has 0 radical (unpaired) electrons. The highest BCUT2D eigenvalue weighted by atomic mass is 16.3. The van der Waals surface area contributed by atoms with Crippen LogP contribution in [-0.2, 0) is 0 Å². The molecule has 1 unspecified atom stereocenters. The van der Waals surface area contributed by atoms with E-state index in [1.54, 1.807) is 18.6 Å². The summed E-state index contributed by atoms with van der Waals surface area (Å²) in [6.07, 6.45) is 4.56. The quantitative estimate of drug-likeness (QED) is 0.760. The molecule has 0 aliphatic heterocycles. The lowest BCUT2D eigenvalue weighted by molar-refractivity contribution is 0.219. The molecule has 2 aromatic heterocycles. The second kappa shape index (κ2) is 4.78. The van der Waals surface area contributed by atoms with Crippen LogP contribution in [0, 0.1) is 6.92 Å². The monoisotopic (exact) mass is 250 g/mol. The van der Waals surface area contributed by atoms with Gasteiger partial charge < -0.3 is 5.11 Å². The number of aliphatic hydroxyl groups is 1. The van der Waals surface area contributed by atoms with Gasteiger partial charge in [0.25, 0.3) is 0 Å². The van der Waals surface area contributed by atoms with E-state index in [4.69, 9.17) is 0 Å². The van der Waals surface area contributed by atoms with Crippen molar-refractivity contribution in [2.45, 2.75) is 13.0 Å². The maximum absolute atomic E-state index is 10.5. The molecule has 1 aromatic carbocycles. The number of nitrogens with zero attached hydrogens (tertiary/aromatic N) is 2. The van der Waals surface area contributed by atoms with Gasteiger partial charge in [-0.2, -0.15) is 0 Å². The van der Waals surface area contributed by atoms with Gasteiger partial charge in [-0.05, 0) is 42.3 Å². The summed E-state index contributed by atoms with van der Waals surface area (Å²) in [6.45, 7) is 1.98. The van der Waals surface area contributed by atoms with Gasteiger partial charge in [0.1, 0.15) is 6.10 Å². The third-order valence-corrected chi connectivity index (χ3v) is 3.32. The molecule has 0 aliphatic rings. The van der Waals surface area contributed by atoms with E-state index >= 15 is 0 Å². The number of aryl methyl sites for hydroxylation is 1. The Kier molecular flexibility index (Phi) is 2.97. The highest BCUT2D eigenvalue weighted by Gasteiger charge is 2.13. The summed E-state index contributed by atoms with van der Waals surface area (Å²) in [4.78, 5) is 8.36. The lowest BCUT2D eigenvalue weighted by atomic mass is 9.98. The summed E-state index contributed by atoms with van der Waals surface area (Å²) in [5.41, 5.74) is 3.66. The van der Waals surface area contributed by atoms with Crippen LogP contribution in [0.2, 0.25) is 0 Å². The standard InChI is InChI=1S/C16H14N2O/c1-11-6-8-17-10-14(11)16(19)13-4-5-15-12(9-13)3-2-7-18-15/h2-10,16,19H,1H3. The lowest BCUT2D eigenvalue weighted by Crippen LogP contribution is -2.02. The first-order valence-corrected chi connectivity index (χ1v) is 6.19. The summed E-state index contributed by atoms with van der Waals surface area (Å²) in [5.74, 6) is 0. The number of benzene rings is 1. The van der Waals surface area contributed by atoms with E-state index in [-0.39, 0.29) is 0 Å². The molecule has 2 heterocycles. The smallest absolute Gasteiger partial charge is 0.106 e. The first-order valence-electron chi connectivity index (χ1n) is 6.19. The number of aromatic nitrogens is 2. The Hall–Kier alpha value is -2.26. The lowest BCUT2D eigenvalue weighted by Gasteiger charge is -2.14. The van der Waals surface area contributed by atoms with Crippen molar-refractivity contribution in [3.8, 4) is 0 Å². The fraction of sp³-hybridized carbons (Fsp3) is 0.125. The van der Waals surface area contributed by atoms with Crippen LogP contribution in [0.3, 0.4) is 0 Å². The second-order valence-corrected chi connectivity index (χ2v) is 4.59. The predicted octanol–water partition coefficient (Wildman–Crippen LogP) is 3.02. The summed E-state index contributed by atoms with van der Waals surface area (Å²) in [7, 11) is 0. The van der Waals surface area contributed by atoms with Crippen LogP contribution in [0.4, 0.5) is 0 Å². The fourth-order valence-corrected chi connectivity index (χ4v) is 2.21. The third kappa shape index (κ3) is 2.20. The Morgan fingerprint density at radius 1 is 1.11 bits per heavy atom. The van der Waals surface area contributed by atoms with Crippen LogP contribution in [0.25, 0.3) is 10.9 Å². The molecule has 3 aromatic rings. The summed E-state index contributed by atoms with van der Waals surface area (Å²) >= 11 is 0. The van der Waals surface area contributed by atoms with Gasteiger partial charge in [-0.1, -0.05) is 12.1 Å². The zero-order valence-electron chi connectivity index (χ0n) is 10.6. The van der Waals surface area contributed by atoms with Crippen molar-refractivity contribution in [3.63, 3.8) is 0 Å². The molecule has 3 rings (SSSR count). The summed E-state index contributed by atoms with van der Waals surface area (Å²) in [5, 5.41) is 11.5. The molecular weight excluding hydrogens is 236 g/mol. The van der Waals surface area contributed by atoms with E-state index in [2.05, 4.69) is 9.97 Å². The Morgan fingerprint density at radius 2 is 2.00 bits per heavy atom. The van der Waals surface area contributed by atoms with Crippen LogP contribution in [0.5, 0.6) is 0 Å². The topological polar surface area (TPSA) is 46.0 Å². The van der Waals surface area contributed by atoms with Gasteiger partial charge in [-0.15, -0.1) is 0 Å². The minimum Gasteiger partial charge on any atom is -0.384 e. The van der Waals surface area contributed by atoms with Crippen LogP contribution < -0.4 is 0 Å². The molecule has 0 fully saturated rings. The molecule has 3 heteroatoms. The SMILES string of the molecule is Cc1ccncc1C(O)c1ccc2ncccc2c1. The van der Waals surface area contributed by atoms with Crippen molar-refractivity contribution in [1.82, 2.24) is 9.97 Å². The zero-order valence-corrected chi connectivity index (χ0v) is 10.6. The second-order valence-electron chi connectivity index (χ2n) is 4.59. The molecule has 19 heavy (non-hydrogen) atoms. The third-order valence-electron chi connectivity index (χ3n) is 3.32. The maximum Gasteiger partial charge on any atom is 0.106 e. The van der Waals surface area contributed by atoms with Crippen molar-refractivity contribution < 1.29 is 5.11 Å². The summed E-state index contributed by atoms with van der Waals surface area (Å²) < 4.78 is 0. The molecule has 1 N–H and O–H groups in total. The normalized spacial score (nSPS) is 12.5. The highest BCUT2D eigenvalue weighted by molar-refractivity contribution is 5.79. The number of hydrogen-bond donors (Lipinski definition) is 1. The van der Waals surface area contributed by atoms with Crippen molar-refractivity contribution >= 4 is 10.9 Å². The van der Waals surface area contributed by atoms with E-state index < -0.39 is 6.10 Å². The average molecular weight is 250 g/mol. The van der Waals surface area contributed by atoms with Crippen LogP contribution in [0.15, 0.2) is 55.0 Å². The van der Waals surface area contributed by atoms with Crippen molar-refractivity contribution in [3.05, 3.63) is 71.7 Å². The summed E-state index contributed by atoms with van der Waals surface area (Å²) in [6, 6.07) is 11.6.